The molecule has 1 heterocycles. The Morgan fingerprint density at radius 1 is 1.29 bits per heavy atom. The van der Waals surface area contributed by atoms with Gasteiger partial charge in [-0.2, -0.15) is 8.78 Å². The molecule has 0 aliphatic carbocycles. The molecule has 14 heavy (non-hydrogen) atoms. The van der Waals surface area contributed by atoms with Crippen molar-refractivity contribution < 1.29 is 8.78 Å². The maximum Gasteiger partial charge on any atom is 0.294 e. The Balaban J connectivity index is 2.14. The molecule has 0 bridgehead atoms. The quantitative estimate of drug-likeness (QED) is 0.676. The van der Waals surface area contributed by atoms with Gasteiger partial charge in [0.15, 0.2) is 0 Å². The summed E-state index contributed by atoms with van der Waals surface area (Å²) in [6.45, 7) is 2.00. The first-order chi connectivity index (χ1) is 6.57. The summed E-state index contributed by atoms with van der Waals surface area (Å²) in [4.78, 5) is 0. The highest BCUT2D eigenvalue weighted by Crippen LogP contribution is 2.53. The van der Waals surface area contributed by atoms with Gasteiger partial charge in [0.2, 0.25) is 0 Å². The summed E-state index contributed by atoms with van der Waals surface area (Å²) in [5, 5.41) is -2.54. The van der Waals surface area contributed by atoms with E-state index >= 15 is 0 Å². The molecular formula is C11H12F2S. The van der Waals surface area contributed by atoms with E-state index in [1.807, 2.05) is 31.2 Å². The van der Waals surface area contributed by atoms with Gasteiger partial charge in [-0.1, -0.05) is 41.6 Å². The third-order valence-corrected chi connectivity index (χ3v) is 3.80. The van der Waals surface area contributed by atoms with Crippen LogP contribution in [0, 0.1) is 6.92 Å². The smallest absolute Gasteiger partial charge is 0.194 e. The van der Waals surface area contributed by atoms with E-state index in [1.165, 1.54) is 5.56 Å². The second-order valence-electron chi connectivity index (χ2n) is 3.69. The van der Waals surface area contributed by atoms with Crippen molar-refractivity contribution in [2.75, 3.05) is 0 Å². The van der Waals surface area contributed by atoms with Crippen LogP contribution in [-0.2, 0) is 0 Å². The molecule has 1 aromatic rings. The highest BCUT2D eigenvalue weighted by molar-refractivity contribution is 8.00. The van der Waals surface area contributed by atoms with Crippen molar-refractivity contribution in [1.29, 1.82) is 0 Å². The largest absolute Gasteiger partial charge is 0.294 e. The molecule has 0 spiro atoms. The number of alkyl halides is 2. The lowest BCUT2D eigenvalue weighted by Gasteiger charge is -2.10. The monoisotopic (exact) mass is 214 g/mol. The molecule has 1 atom stereocenters. The molecule has 1 fully saturated rings. The number of rotatable bonds is 1. The van der Waals surface area contributed by atoms with Crippen LogP contribution in [0.25, 0.3) is 0 Å². The molecule has 0 saturated carbocycles. The van der Waals surface area contributed by atoms with Gasteiger partial charge in [-0.05, 0) is 18.9 Å². The number of aryl methyl sites for hydroxylation is 1. The molecule has 2 rings (SSSR count). The topological polar surface area (TPSA) is 0 Å². The maximum atomic E-state index is 12.9. The third-order valence-electron chi connectivity index (χ3n) is 2.46. The first kappa shape index (κ1) is 9.97. The SMILES string of the molecule is Cc1ccc([C@@H]2CCC(F)(F)S2)cc1. The maximum absolute atomic E-state index is 12.9. The summed E-state index contributed by atoms with van der Waals surface area (Å²) < 4.78 is 25.8. The standard InChI is InChI=1S/C11H12F2S/c1-8-2-4-9(5-3-8)10-6-7-11(12,13)14-10/h2-5,10H,6-7H2,1H3/t10-/m0/s1. The van der Waals surface area contributed by atoms with Crippen LogP contribution in [0.4, 0.5) is 8.78 Å². The van der Waals surface area contributed by atoms with Crippen LogP contribution >= 0.6 is 11.8 Å². The van der Waals surface area contributed by atoms with Crippen LogP contribution in [0.1, 0.15) is 29.2 Å². The van der Waals surface area contributed by atoms with Crippen molar-refractivity contribution in [2.45, 2.75) is 30.3 Å². The molecule has 3 heteroatoms. The van der Waals surface area contributed by atoms with E-state index in [4.69, 9.17) is 0 Å². The fourth-order valence-electron chi connectivity index (χ4n) is 1.64. The van der Waals surface area contributed by atoms with Crippen molar-refractivity contribution in [3.05, 3.63) is 35.4 Å². The second kappa shape index (κ2) is 3.54. The Kier molecular flexibility index (Phi) is 2.52. The number of hydrogen-bond donors (Lipinski definition) is 0. The van der Waals surface area contributed by atoms with Crippen molar-refractivity contribution in [3.63, 3.8) is 0 Å². The Morgan fingerprint density at radius 2 is 1.93 bits per heavy atom. The molecule has 0 nitrogen and oxygen atoms in total. The van der Waals surface area contributed by atoms with Crippen molar-refractivity contribution in [1.82, 2.24) is 0 Å². The predicted octanol–water partition coefficient (Wildman–Crippen LogP) is 4.16. The first-order valence-electron chi connectivity index (χ1n) is 4.69. The van der Waals surface area contributed by atoms with Gasteiger partial charge in [-0.15, -0.1) is 0 Å². The zero-order valence-corrected chi connectivity index (χ0v) is 8.78. The van der Waals surface area contributed by atoms with E-state index in [9.17, 15) is 8.78 Å². The Labute approximate surface area is 86.7 Å². The first-order valence-corrected chi connectivity index (χ1v) is 5.57. The molecule has 0 amide bonds. The van der Waals surface area contributed by atoms with E-state index in [2.05, 4.69) is 0 Å². The van der Waals surface area contributed by atoms with E-state index in [1.54, 1.807) is 0 Å². The summed E-state index contributed by atoms with van der Waals surface area (Å²) in [7, 11) is 0. The molecule has 76 valence electrons. The molecular weight excluding hydrogens is 202 g/mol. The third kappa shape index (κ3) is 2.08. The fourth-order valence-corrected chi connectivity index (χ4v) is 2.82. The Bertz CT molecular complexity index is 319. The lowest BCUT2D eigenvalue weighted by molar-refractivity contribution is 0.103. The van der Waals surface area contributed by atoms with Gasteiger partial charge in [-0.3, -0.25) is 0 Å². The normalized spacial score (nSPS) is 25.2. The number of halogens is 2. The summed E-state index contributed by atoms with van der Waals surface area (Å²) >= 11 is 0.793. The average molecular weight is 214 g/mol. The van der Waals surface area contributed by atoms with E-state index in [0.29, 0.717) is 6.42 Å². The zero-order valence-electron chi connectivity index (χ0n) is 7.97. The lowest BCUT2D eigenvalue weighted by atomic mass is 10.1. The Hall–Kier alpha value is -0.570. The van der Waals surface area contributed by atoms with Crippen LogP contribution in [-0.4, -0.2) is 5.25 Å². The van der Waals surface area contributed by atoms with Crippen molar-refractivity contribution in [2.24, 2.45) is 0 Å². The minimum absolute atomic E-state index is 0.0101. The minimum atomic E-state index is -2.52. The number of thioether (sulfide) groups is 1. The molecule has 0 unspecified atom stereocenters. The molecule has 0 radical (unpaired) electrons. The number of benzene rings is 1. The molecule has 1 aliphatic rings. The highest BCUT2D eigenvalue weighted by atomic mass is 32.2. The number of hydrogen-bond acceptors (Lipinski definition) is 1. The summed E-state index contributed by atoms with van der Waals surface area (Å²) in [5.41, 5.74) is 2.20. The van der Waals surface area contributed by atoms with Crippen LogP contribution in [0.2, 0.25) is 0 Å². The van der Waals surface area contributed by atoms with Gasteiger partial charge >= 0.3 is 0 Å². The molecule has 1 saturated heterocycles. The van der Waals surface area contributed by atoms with E-state index < -0.39 is 5.25 Å². The van der Waals surface area contributed by atoms with Crippen LogP contribution in [0.5, 0.6) is 0 Å². The highest BCUT2D eigenvalue weighted by Gasteiger charge is 2.40. The van der Waals surface area contributed by atoms with Crippen molar-refractivity contribution in [3.8, 4) is 0 Å². The molecule has 1 aromatic carbocycles. The molecule has 0 N–H and O–H groups in total. The summed E-state index contributed by atoms with van der Waals surface area (Å²) in [5.74, 6) is 0. The van der Waals surface area contributed by atoms with E-state index in [0.717, 1.165) is 17.3 Å². The van der Waals surface area contributed by atoms with Gasteiger partial charge in [0.1, 0.15) is 0 Å². The summed E-state index contributed by atoms with van der Waals surface area (Å²) in [6, 6.07) is 7.86. The van der Waals surface area contributed by atoms with Crippen molar-refractivity contribution >= 4 is 11.8 Å². The lowest BCUT2D eigenvalue weighted by Crippen LogP contribution is -2.01. The fraction of sp³-hybridized carbons (Fsp3) is 0.455. The van der Waals surface area contributed by atoms with Gasteiger partial charge < -0.3 is 0 Å². The zero-order chi connectivity index (χ0) is 10.2. The van der Waals surface area contributed by atoms with Gasteiger partial charge in [0.05, 0.1) is 0 Å². The minimum Gasteiger partial charge on any atom is -0.194 e. The van der Waals surface area contributed by atoms with Crippen LogP contribution in [0.15, 0.2) is 24.3 Å². The predicted molar refractivity (Wildman–Crippen MR) is 55.7 cm³/mol. The van der Waals surface area contributed by atoms with Gasteiger partial charge in [-0.25, -0.2) is 0 Å². The molecule has 0 aromatic heterocycles. The second-order valence-corrected chi connectivity index (χ2v) is 5.10. The molecule has 1 aliphatic heterocycles. The van der Waals surface area contributed by atoms with E-state index in [-0.39, 0.29) is 11.7 Å². The van der Waals surface area contributed by atoms with Crippen LogP contribution in [0.3, 0.4) is 0 Å². The van der Waals surface area contributed by atoms with Gasteiger partial charge in [0.25, 0.3) is 5.25 Å². The van der Waals surface area contributed by atoms with Crippen LogP contribution < -0.4 is 0 Å². The van der Waals surface area contributed by atoms with Gasteiger partial charge in [0, 0.05) is 11.7 Å². The average Bonchev–Trinajstić information content (AvgIpc) is 2.47. The Morgan fingerprint density at radius 3 is 2.43 bits per heavy atom. The summed E-state index contributed by atoms with van der Waals surface area (Å²) in [6.07, 6.45) is 0.594.